The topological polar surface area (TPSA) is 72.5 Å². The molecule has 0 aromatic rings. The van der Waals surface area contributed by atoms with Crippen LogP contribution >= 0.6 is 0 Å². The minimum Gasteiger partial charge on any atom is -0.456 e. The van der Waals surface area contributed by atoms with Crippen LogP contribution in [0.1, 0.15) is 6.92 Å². The molecule has 0 aromatic carbocycles. The van der Waals surface area contributed by atoms with Gasteiger partial charge in [0.2, 0.25) is 11.7 Å². The number of esters is 1. The lowest BCUT2D eigenvalue weighted by atomic mass is 10.2. The second kappa shape index (κ2) is 2.69. The maximum atomic E-state index is 10.8. The summed E-state index contributed by atoms with van der Waals surface area (Å²) in [4.78, 5) is 31.8. The van der Waals surface area contributed by atoms with Gasteiger partial charge in [-0.2, -0.15) is 0 Å². The van der Waals surface area contributed by atoms with E-state index in [1.165, 1.54) is 6.92 Å². The van der Waals surface area contributed by atoms with Gasteiger partial charge in [0.25, 0.3) is 0 Å². The van der Waals surface area contributed by atoms with Crippen LogP contribution in [0, 0.1) is 0 Å². The number of hydrogen-bond acceptors (Lipinski definition) is 4. The van der Waals surface area contributed by atoms with Gasteiger partial charge in [0.1, 0.15) is 0 Å². The largest absolute Gasteiger partial charge is 0.456 e. The zero-order chi connectivity index (χ0) is 8.43. The van der Waals surface area contributed by atoms with E-state index in [1.54, 1.807) is 0 Å². The fourth-order valence-electron chi connectivity index (χ4n) is 0.783. The van der Waals surface area contributed by atoms with E-state index >= 15 is 0 Å². The normalized spacial score (nSPS) is 23.2. The smallest absolute Gasteiger partial charge is 0.337 e. The lowest BCUT2D eigenvalue weighted by molar-refractivity contribution is -0.141. The number of amides is 1. The molecule has 0 aromatic heterocycles. The van der Waals surface area contributed by atoms with Crippen molar-refractivity contribution in [3.8, 4) is 0 Å². The van der Waals surface area contributed by atoms with Crippen LogP contribution in [0.3, 0.4) is 0 Å². The third-order valence-electron chi connectivity index (χ3n) is 1.26. The predicted molar refractivity (Wildman–Crippen MR) is 33.6 cm³/mol. The summed E-state index contributed by atoms with van der Waals surface area (Å²) in [5.41, 5.74) is 0. The molecule has 0 bridgehead atoms. The number of cyclic esters (lactones) is 1. The lowest BCUT2D eigenvalue weighted by Gasteiger charge is -2.02. The zero-order valence-electron chi connectivity index (χ0n) is 5.92. The maximum Gasteiger partial charge on any atom is 0.337 e. The summed E-state index contributed by atoms with van der Waals surface area (Å²) >= 11 is 0. The first kappa shape index (κ1) is 7.71. The van der Waals surface area contributed by atoms with Gasteiger partial charge in [0.05, 0.1) is 0 Å². The van der Waals surface area contributed by atoms with Crippen LogP contribution in [0.4, 0.5) is 0 Å². The molecule has 1 aliphatic rings. The van der Waals surface area contributed by atoms with E-state index in [1.807, 2.05) is 0 Å². The number of ether oxygens (including phenoxy) is 1. The summed E-state index contributed by atoms with van der Waals surface area (Å²) in [5, 5.41) is 2.18. The van der Waals surface area contributed by atoms with E-state index < -0.39 is 23.7 Å². The molecule has 1 saturated heterocycles. The van der Waals surface area contributed by atoms with E-state index in [0.29, 0.717) is 0 Å². The SMILES string of the molecule is CC(=O)N[C@@H]1C(=O)COC1=O. The molecule has 5 nitrogen and oxygen atoms in total. The Balaban J connectivity index is 2.62. The van der Waals surface area contributed by atoms with Crippen molar-refractivity contribution in [2.75, 3.05) is 6.61 Å². The van der Waals surface area contributed by atoms with Crippen LogP contribution in [0.2, 0.25) is 0 Å². The molecule has 0 radical (unpaired) electrons. The summed E-state index contributed by atoms with van der Waals surface area (Å²) in [7, 11) is 0. The molecule has 0 unspecified atom stereocenters. The van der Waals surface area contributed by atoms with Gasteiger partial charge in [-0.15, -0.1) is 0 Å². The number of carbonyl (C=O) groups excluding carboxylic acids is 3. The van der Waals surface area contributed by atoms with Crippen LogP contribution < -0.4 is 5.32 Å². The summed E-state index contributed by atoms with van der Waals surface area (Å²) in [6.45, 7) is 1.00. The van der Waals surface area contributed by atoms with Crippen molar-refractivity contribution in [1.82, 2.24) is 5.32 Å². The van der Waals surface area contributed by atoms with Gasteiger partial charge >= 0.3 is 5.97 Å². The first-order valence-corrected chi connectivity index (χ1v) is 3.07. The number of nitrogens with one attached hydrogen (secondary N) is 1. The number of rotatable bonds is 1. The molecule has 1 heterocycles. The Bertz CT molecular complexity index is 207. The summed E-state index contributed by atoms with van der Waals surface area (Å²) in [6, 6.07) is -1.08. The molecule has 1 atom stereocenters. The van der Waals surface area contributed by atoms with Crippen molar-refractivity contribution in [1.29, 1.82) is 0 Å². The van der Waals surface area contributed by atoms with E-state index in [-0.39, 0.29) is 6.61 Å². The summed E-state index contributed by atoms with van der Waals surface area (Å²) in [6.07, 6.45) is 0. The van der Waals surface area contributed by atoms with Crippen molar-refractivity contribution in [3.63, 3.8) is 0 Å². The summed E-state index contributed by atoms with van der Waals surface area (Å²) < 4.78 is 4.38. The van der Waals surface area contributed by atoms with Crippen molar-refractivity contribution >= 4 is 17.7 Å². The lowest BCUT2D eigenvalue weighted by Crippen LogP contribution is -2.41. The van der Waals surface area contributed by atoms with Gasteiger partial charge < -0.3 is 10.1 Å². The molecule has 0 aliphatic carbocycles. The van der Waals surface area contributed by atoms with Crippen molar-refractivity contribution in [2.24, 2.45) is 0 Å². The second-order valence-corrected chi connectivity index (χ2v) is 2.21. The maximum absolute atomic E-state index is 10.8. The highest BCUT2D eigenvalue weighted by Gasteiger charge is 2.35. The molecule has 1 amide bonds. The first-order chi connectivity index (χ1) is 5.11. The van der Waals surface area contributed by atoms with Gasteiger partial charge in [-0.25, -0.2) is 4.79 Å². The number of Topliss-reactive ketones (excluding diaryl/α,β-unsaturated/α-hetero) is 1. The number of ketones is 1. The molecule has 0 saturated carbocycles. The van der Waals surface area contributed by atoms with Gasteiger partial charge in [0, 0.05) is 6.92 Å². The standard InChI is InChI=1S/C6H7NO4/c1-3(8)7-5-4(9)2-11-6(5)10/h5H,2H2,1H3,(H,7,8)/t5-/m1/s1. The Morgan fingerprint density at radius 2 is 2.27 bits per heavy atom. The van der Waals surface area contributed by atoms with Gasteiger partial charge in [-0.3, -0.25) is 9.59 Å². The number of carbonyl (C=O) groups is 3. The Kier molecular flexibility index (Phi) is 1.89. The van der Waals surface area contributed by atoms with Crippen LogP contribution in [0.25, 0.3) is 0 Å². The first-order valence-electron chi connectivity index (χ1n) is 3.07. The van der Waals surface area contributed by atoms with Crippen molar-refractivity contribution < 1.29 is 19.1 Å². The van der Waals surface area contributed by atoms with Gasteiger partial charge in [0.15, 0.2) is 12.6 Å². The van der Waals surface area contributed by atoms with E-state index in [9.17, 15) is 14.4 Å². The van der Waals surface area contributed by atoms with Crippen LogP contribution in [-0.4, -0.2) is 30.3 Å². The Morgan fingerprint density at radius 1 is 1.64 bits per heavy atom. The molecular weight excluding hydrogens is 150 g/mol. The van der Waals surface area contributed by atoms with Crippen LogP contribution in [0.15, 0.2) is 0 Å². The van der Waals surface area contributed by atoms with E-state index in [2.05, 4.69) is 10.1 Å². The molecular formula is C6H7NO4. The fraction of sp³-hybridized carbons (Fsp3) is 0.500. The minimum absolute atomic E-state index is 0.232. The molecule has 1 N–H and O–H groups in total. The van der Waals surface area contributed by atoms with E-state index in [4.69, 9.17) is 0 Å². The third kappa shape index (κ3) is 1.54. The van der Waals surface area contributed by atoms with Crippen LogP contribution in [0.5, 0.6) is 0 Å². The molecule has 0 spiro atoms. The predicted octanol–water partition coefficient (Wildman–Crippen LogP) is -1.38. The minimum atomic E-state index is -1.08. The molecule has 1 rings (SSSR count). The Morgan fingerprint density at radius 3 is 2.64 bits per heavy atom. The Labute approximate surface area is 62.7 Å². The highest BCUT2D eigenvalue weighted by Crippen LogP contribution is 2.01. The quantitative estimate of drug-likeness (QED) is 0.376. The van der Waals surface area contributed by atoms with Crippen molar-refractivity contribution in [2.45, 2.75) is 13.0 Å². The zero-order valence-corrected chi connectivity index (χ0v) is 5.92. The van der Waals surface area contributed by atoms with Gasteiger partial charge in [-0.1, -0.05) is 0 Å². The molecule has 60 valence electrons. The average Bonchev–Trinajstić information content (AvgIpc) is 2.18. The van der Waals surface area contributed by atoms with Crippen molar-refractivity contribution in [3.05, 3.63) is 0 Å². The second-order valence-electron chi connectivity index (χ2n) is 2.21. The molecule has 11 heavy (non-hydrogen) atoms. The van der Waals surface area contributed by atoms with Gasteiger partial charge in [-0.05, 0) is 0 Å². The molecule has 5 heteroatoms. The highest BCUT2D eigenvalue weighted by atomic mass is 16.5. The molecule has 1 aliphatic heterocycles. The summed E-state index contributed by atoms with van der Waals surface area (Å²) in [5.74, 6) is -1.49. The average molecular weight is 157 g/mol. The van der Waals surface area contributed by atoms with Crippen LogP contribution in [-0.2, 0) is 19.1 Å². The third-order valence-corrected chi connectivity index (χ3v) is 1.26. The molecule has 1 fully saturated rings. The Hall–Kier alpha value is -1.39. The van der Waals surface area contributed by atoms with E-state index in [0.717, 1.165) is 0 Å². The number of hydrogen-bond donors (Lipinski definition) is 1. The highest BCUT2D eigenvalue weighted by molar-refractivity contribution is 6.10. The fourth-order valence-corrected chi connectivity index (χ4v) is 0.783. The monoisotopic (exact) mass is 157 g/mol.